The monoisotopic (exact) mass is 2280 g/mol. The van der Waals surface area contributed by atoms with Crippen LogP contribution in [0.5, 0.6) is 0 Å². The molecule has 16 aromatic rings. The van der Waals surface area contributed by atoms with E-state index in [0.717, 1.165) is 62.4 Å². The summed E-state index contributed by atoms with van der Waals surface area (Å²) in [6.07, 6.45) is 14.3. The molecule has 0 amide bonds. The number of Topliss-reactive ketones (excluding diaryl/α,β-unsaturated/α-hetero) is 2. The molecule has 147 heavy (non-hydrogen) atoms. The third-order valence-electron chi connectivity index (χ3n) is 19.7. The fourth-order valence-electron chi connectivity index (χ4n) is 12.6. The Morgan fingerprint density at radius 3 is 1.24 bits per heavy atom. The van der Waals surface area contributed by atoms with Crippen LogP contribution in [-0.4, -0.2) is 134 Å². The van der Waals surface area contributed by atoms with E-state index in [1.807, 2.05) is 114 Å². The summed E-state index contributed by atoms with van der Waals surface area (Å²) in [5, 5.41) is 112. The van der Waals surface area contributed by atoms with Crippen molar-refractivity contribution < 1.29 is 121 Å². The van der Waals surface area contributed by atoms with E-state index in [9.17, 15) is 60.0 Å². The first-order valence-corrected chi connectivity index (χ1v) is 53.9. The number of nitrogens with zero attached hydrogens (tertiary/aromatic N) is 16. The third-order valence-corrected chi connectivity index (χ3v) is 24.4. The number of benzene rings is 8. The van der Waals surface area contributed by atoms with Gasteiger partial charge < -0.3 is 45.0 Å². The summed E-state index contributed by atoms with van der Waals surface area (Å²) in [6, 6.07) is 66.1. The number of nitrogens with two attached hydrogens (primary N) is 2. The number of nitro groups is 2. The van der Waals surface area contributed by atoms with E-state index < -0.39 is 43.4 Å². The second-order valence-electron chi connectivity index (χ2n) is 30.6. The molecule has 32 nitrogen and oxygen atoms in total. The normalized spacial score (nSPS) is 11.8. The van der Waals surface area contributed by atoms with Crippen LogP contribution < -0.4 is 59.9 Å². The number of ketones is 2. The van der Waals surface area contributed by atoms with Crippen molar-refractivity contribution in [1.29, 1.82) is 15.8 Å². The van der Waals surface area contributed by atoms with Crippen molar-refractivity contribution in [1.82, 2.24) is 54.3 Å². The maximum absolute atomic E-state index is 13.3. The molecule has 47 heteroatoms. The maximum atomic E-state index is 13.3. The molecule has 2 aliphatic carbocycles. The number of hydrogen-bond donors (Lipinski definition) is 6. The number of aldehydes is 1. The van der Waals surface area contributed by atoms with E-state index in [1.165, 1.54) is 113 Å². The van der Waals surface area contributed by atoms with Crippen LogP contribution in [0.1, 0.15) is 200 Å². The van der Waals surface area contributed by atoms with Crippen LogP contribution in [0.25, 0.3) is 17.1 Å². The van der Waals surface area contributed by atoms with Crippen molar-refractivity contribution in [3.63, 3.8) is 0 Å². The van der Waals surface area contributed by atoms with Gasteiger partial charge in [-0.05, 0) is 199 Å². The van der Waals surface area contributed by atoms with Gasteiger partial charge in [0.05, 0.1) is 85.5 Å². The van der Waals surface area contributed by atoms with Gasteiger partial charge in [-0.15, -0.1) is 56.7 Å². The number of carbonyl (C=O) groups is 4. The summed E-state index contributed by atoms with van der Waals surface area (Å²) < 4.78 is 20.8. The molecule has 18 rings (SSSR count). The number of aromatic nitrogens is 11. The number of nitriles is 3. The molecule has 3 radical (unpaired) electrons. The Hall–Kier alpha value is -11.2. The van der Waals surface area contributed by atoms with Gasteiger partial charge in [-0.2, -0.15) is 37.5 Å². The number of halogens is 5. The Labute approximate surface area is 940 Å². The number of carboxylic acids is 1. The molecule has 0 aliphatic heterocycles. The van der Waals surface area contributed by atoms with E-state index >= 15 is 0 Å². The quantitative estimate of drug-likeness (QED) is 0.00428. The number of thiazole rings is 5. The Morgan fingerprint density at radius 2 is 0.905 bits per heavy atom. The number of non-ortho nitro benzene ring substituents is 2. The fraction of sp³-hybridized carbons (Fsp3) is 0.200. The summed E-state index contributed by atoms with van der Waals surface area (Å²) in [7, 11) is 16.8. The van der Waals surface area contributed by atoms with Gasteiger partial charge in [-0.1, -0.05) is 116 Å². The third kappa shape index (κ3) is 43.5. The van der Waals surface area contributed by atoms with Crippen molar-refractivity contribution in [2.24, 2.45) is 17.6 Å². The molecule has 4 unspecified atom stereocenters. The molecule has 755 valence electrons. The van der Waals surface area contributed by atoms with Gasteiger partial charge >= 0.3 is 87.4 Å². The van der Waals surface area contributed by atoms with Crippen LogP contribution in [0.4, 0.5) is 17.1 Å². The number of carbonyl (C=O) groups excluding carboxylic acids is 3. The summed E-state index contributed by atoms with van der Waals surface area (Å²) in [4.78, 5) is 87.8. The number of aromatic carboxylic acids is 1. The van der Waals surface area contributed by atoms with Gasteiger partial charge in [0.25, 0.3) is 11.4 Å². The minimum absolute atomic E-state index is 0. The first-order chi connectivity index (χ1) is 69.3. The van der Waals surface area contributed by atoms with Crippen molar-refractivity contribution in [3.8, 4) is 35.3 Å². The van der Waals surface area contributed by atoms with Gasteiger partial charge in [-0.3, -0.25) is 34.6 Å². The van der Waals surface area contributed by atoms with Crippen LogP contribution in [0.3, 0.4) is 0 Å². The molecule has 8 N–H and O–H groups in total. The number of nitro benzene ring substituents is 2. The van der Waals surface area contributed by atoms with Crippen molar-refractivity contribution in [3.05, 3.63) is 411 Å². The largest absolute Gasteiger partial charge is 1.00 e. The Bertz CT molecular complexity index is 6950. The van der Waals surface area contributed by atoms with Crippen LogP contribution in [0.2, 0.25) is 0 Å². The van der Waals surface area contributed by atoms with Crippen LogP contribution >= 0.6 is 114 Å². The molecule has 2 saturated carbocycles. The van der Waals surface area contributed by atoms with E-state index in [-0.39, 0.29) is 106 Å². The van der Waals surface area contributed by atoms with Crippen molar-refractivity contribution in [2.45, 2.75) is 103 Å². The summed E-state index contributed by atoms with van der Waals surface area (Å²) in [5.74, 6) is 0.377. The fourth-order valence-corrected chi connectivity index (χ4v) is 16.0. The first-order valence-electron chi connectivity index (χ1n) is 43.2. The zero-order valence-electron chi connectivity index (χ0n) is 80.7. The number of anilines is 1. The number of carboxylic acid groups (broad SMARTS) is 1. The second kappa shape index (κ2) is 67.7. The van der Waals surface area contributed by atoms with E-state index in [1.54, 1.807) is 172 Å². The first kappa shape index (κ1) is 126. The van der Waals surface area contributed by atoms with Gasteiger partial charge in [0.15, 0.2) is 21.2 Å². The van der Waals surface area contributed by atoms with Crippen molar-refractivity contribution in [2.75, 3.05) is 18.9 Å². The van der Waals surface area contributed by atoms with Gasteiger partial charge in [-0.25, -0.2) is 48.0 Å². The average Bonchev–Trinajstić information content (AvgIpc) is 1.67. The Kier molecular flexibility index (Phi) is 58.2. The standard InChI is InChI=1S/C27H24N4O2S.C23H18N4O2S.C12H9N3O2.C10H8N2O3S.C10H10N2OS.C7H5NO3.C4H9N.C4H9.C3H2BrNS.B.Cl2OS.2ClH.Li.Na.Ni.H/c1-18-12-24(31(30-18)23-7-3-5-21(14-23)16-28)25(32)15-20-4-2-6-22(13-20)26(27-29-10-11-34-27)33-17-19-8-9-19;1-15-10-20(27(26-15)19-7-3-5-17(12-19)14-24)21(28)13-16-4-2-6-18(11-16)22(29)23-25-8-9-30-23;1-8-5-11(12(16)17)15(14-8)10-4-2-3-9(6-10)7-13;13-9(10-11-4-5-16-10)7-2-1-3-8(6-7)12(14)15;11-8-3-1-2-7(6-8)9(13)10-12-4-5-14-10;9-5-6-2-1-3-7(4-6)8(10)11;5-3-4-1-2-4;1-3-4-2;4-3-5-1-2-6-3;;1-4(2)3;;;;;;/h2-7,10-14,19,26H,8-9,15,17H2,1H3;2-12,22,29H,13H2,1H3;2-6H,1H3,(H,16,17);1-6,9,13H;1-6,9,13H,11H2;1-5H;4H,1-3,5H2;1,3-4H2,2H3;1-2H;;;2*1H;;;;/q;;;;;;;-1;;;;;;2*+1;+2;-1/p-2. The smallest absolute Gasteiger partial charge is 1.00 e. The topological polar surface area (TPSA) is 503 Å². The summed E-state index contributed by atoms with van der Waals surface area (Å²) >= 11 is 11.0. The number of ether oxygens (including phenoxy) is 1. The molecule has 0 spiro atoms. The van der Waals surface area contributed by atoms with E-state index in [2.05, 4.69) is 103 Å². The van der Waals surface area contributed by atoms with Crippen LogP contribution in [0.15, 0.2) is 274 Å². The molecule has 4 atom stereocenters. The number of aliphatic hydroxyl groups excluding tert-OH is 3. The average molecular weight is 2290 g/mol. The zero-order chi connectivity index (χ0) is 105. The number of aryl methyl sites for hydroxylation is 3. The van der Waals surface area contributed by atoms with E-state index in [0.29, 0.717) is 119 Å². The molecule has 2 fully saturated rings. The van der Waals surface area contributed by atoms with Crippen LogP contribution in [0, 0.1) is 93.8 Å². The number of unbranched alkanes of at least 4 members (excludes halogenated alkanes) is 1. The molecule has 2 aliphatic rings. The second-order valence-corrected chi connectivity index (χ2v) is 40.6. The molecule has 0 saturated heterocycles. The van der Waals surface area contributed by atoms with Crippen LogP contribution in [-0.2, 0) is 39.5 Å². The predicted octanol–water partition coefficient (Wildman–Crippen LogP) is 16.6. The molecule has 8 aromatic carbocycles. The summed E-state index contributed by atoms with van der Waals surface area (Å²) in [6.45, 7) is 12.8. The molecule has 8 heterocycles. The molecule has 0 bridgehead atoms. The number of aliphatic hydroxyl groups is 3. The summed E-state index contributed by atoms with van der Waals surface area (Å²) in [5.41, 5.74) is 22.9. The van der Waals surface area contributed by atoms with Crippen molar-refractivity contribution >= 4 is 173 Å². The number of nitrogen functional groups attached to an aromatic ring is 1. The minimum atomic E-state index is -1.67. The van der Waals surface area contributed by atoms with Gasteiger partial charge in [0.1, 0.15) is 62.1 Å². The number of hydrogen-bond acceptors (Lipinski definition) is 31. The van der Waals surface area contributed by atoms with Gasteiger partial charge in [0, 0.05) is 136 Å². The van der Waals surface area contributed by atoms with Gasteiger partial charge in [0.2, 0.25) is 9.23 Å². The molecule has 8 aromatic heterocycles. The number of rotatable bonds is 26. The Morgan fingerprint density at radius 1 is 0.558 bits per heavy atom. The predicted molar refractivity (Wildman–Crippen MR) is 569 cm³/mol. The molecular formula is C100H95BBrCl4LiN18NaNiO14S6. The SMILES string of the molecule is Brc1nccs1.Cc1cc(C(=O)Cc2cccc(C(O)c3nccs3)c2)n(-c2cccc(C#N)c2)n1.Cc1cc(C(=O)Cc2cccc(C(OCC3CC3)c3nccs3)c2)n(-c2cccc(C#N)c2)n1.Cc1cc(C(=O)O)n(-c2cccc(C#N)c2)n1.NCC1CC1.Nc1cccc(C(O)c2nccs2)c1.O=Cc1cccc([N+](=O)[O-])c1.O=S(Cl)Cl.O=[N+]([O-])c1cccc(C(O)c2nccs2)c1.[B].[CH2-]CCC.[Cl][Ni][Cl].[H-].[Li+].[Na+]. The minimum Gasteiger partial charge on any atom is -1.00 e. The zero-order valence-corrected chi connectivity index (χ0v) is 92.2. The van der Waals surface area contributed by atoms with E-state index in [4.69, 9.17) is 56.4 Å². The molecular weight excluding hydrogens is 2190 g/mol. The Balaban J connectivity index is 0.000000364. The maximum Gasteiger partial charge on any atom is 1.00 e.